The Hall–Kier alpha value is -0.800. The van der Waals surface area contributed by atoms with Crippen molar-refractivity contribution in [2.75, 3.05) is 6.61 Å². The Morgan fingerprint density at radius 3 is 2.79 bits per heavy atom. The minimum atomic E-state index is -0.676. The van der Waals surface area contributed by atoms with Crippen LogP contribution < -0.4 is 5.32 Å². The molecule has 0 aromatic rings. The Morgan fingerprint density at radius 2 is 2.29 bits per heavy atom. The Kier molecular flexibility index (Phi) is 3.34. The van der Waals surface area contributed by atoms with E-state index in [1.807, 2.05) is 25.3 Å². The molecule has 0 aromatic heterocycles. The molecule has 0 spiro atoms. The average Bonchev–Trinajstić information content (AvgIpc) is 2.02. The number of rotatable bonds is 4. The van der Waals surface area contributed by atoms with E-state index in [2.05, 4.69) is 11.4 Å². The molecular weight excluding hydrogens is 178 g/mol. The van der Waals surface area contributed by atoms with Crippen molar-refractivity contribution in [3.05, 3.63) is 24.4 Å². The monoisotopic (exact) mass is 196 g/mol. The van der Waals surface area contributed by atoms with Gasteiger partial charge in [0.1, 0.15) is 0 Å². The Morgan fingerprint density at radius 1 is 1.57 bits per heavy atom. The molecule has 1 aliphatic rings. The topological polar surface area (TPSA) is 41.5 Å². The van der Waals surface area contributed by atoms with Gasteiger partial charge < -0.3 is 15.2 Å². The predicted molar refractivity (Wildman–Crippen MR) is 55.4 cm³/mol. The Bertz CT molecular complexity index is 240. The summed E-state index contributed by atoms with van der Waals surface area (Å²) in [6.07, 6.45) is 9.16. The first-order valence-electron chi connectivity index (χ1n) is 4.81. The van der Waals surface area contributed by atoms with Crippen LogP contribution in [0.2, 0.25) is 0 Å². The molecule has 0 saturated heterocycles. The van der Waals surface area contributed by atoms with E-state index in [0.717, 1.165) is 0 Å². The number of hydrogen-bond acceptors (Lipinski definition) is 3. The molecule has 3 nitrogen and oxygen atoms in total. The second-order valence-corrected chi connectivity index (χ2v) is 4.26. The third-order valence-electron chi connectivity index (χ3n) is 2.01. The second kappa shape index (κ2) is 4.15. The molecule has 1 aliphatic heterocycles. The lowest BCUT2D eigenvalue weighted by Gasteiger charge is -2.29. The number of nitrogens with one attached hydrogen (secondary N) is 1. The van der Waals surface area contributed by atoms with Gasteiger partial charge in [0.15, 0.2) is 5.72 Å². The molecular formula is C11H18NO2. The van der Waals surface area contributed by atoms with E-state index in [4.69, 9.17) is 4.74 Å². The van der Waals surface area contributed by atoms with E-state index in [0.29, 0.717) is 13.0 Å². The SMILES string of the molecule is CC(C)(O)CCOC1(C)[C]=CC=CN1. The van der Waals surface area contributed by atoms with Gasteiger partial charge in [-0.15, -0.1) is 0 Å². The highest BCUT2D eigenvalue weighted by Gasteiger charge is 2.22. The van der Waals surface area contributed by atoms with Crippen LogP contribution in [0.5, 0.6) is 0 Å². The van der Waals surface area contributed by atoms with Crippen LogP contribution >= 0.6 is 0 Å². The van der Waals surface area contributed by atoms with Gasteiger partial charge in [0.25, 0.3) is 0 Å². The zero-order chi connectivity index (χ0) is 10.7. The summed E-state index contributed by atoms with van der Waals surface area (Å²) in [5.74, 6) is 0. The van der Waals surface area contributed by atoms with Crippen LogP contribution in [0.4, 0.5) is 0 Å². The molecule has 0 aliphatic carbocycles. The van der Waals surface area contributed by atoms with Crippen LogP contribution in [0.25, 0.3) is 0 Å². The van der Waals surface area contributed by atoms with E-state index in [1.165, 1.54) is 0 Å². The third kappa shape index (κ3) is 3.94. The van der Waals surface area contributed by atoms with Crippen LogP contribution in [0.3, 0.4) is 0 Å². The first-order chi connectivity index (χ1) is 6.41. The minimum Gasteiger partial charge on any atom is -0.390 e. The van der Waals surface area contributed by atoms with Gasteiger partial charge >= 0.3 is 0 Å². The van der Waals surface area contributed by atoms with Crippen LogP contribution in [0, 0.1) is 6.08 Å². The molecule has 0 aromatic carbocycles. The summed E-state index contributed by atoms with van der Waals surface area (Å²) >= 11 is 0. The smallest absolute Gasteiger partial charge is 0.162 e. The number of dihydropyridines is 1. The van der Waals surface area contributed by atoms with Crippen molar-refractivity contribution >= 4 is 0 Å². The van der Waals surface area contributed by atoms with Crippen molar-refractivity contribution < 1.29 is 9.84 Å². The van der Waals surface area contributed by atoms with Gasteiger partial charge in [-0.05, 0) is 39.5 Å². The van der Waals surface area contributed by atoms with Gasteiger partial charge in [0.2, 0.25) is 0 Å². The molecule has 2 N–H and O–H groups in total. The standard InChI is InChI=1S/C11H18NO2/c1-10(2,13)7-9-14-11(3)6-4-5-8-12-11/h4-5,8,12-13H,7,9H2,1-3H3. The summed E-state index contributed by atoms with van der Waals surface area (Å²) in [6.45, 7) is 5.94. The molecule has 0 amide bonds. The first kappa shape index (κ1) is 11.3. The zero-order valence-corrected chi connectivity index (χ0v) is 9.00. The van der Waals surface area contributed by atoms with E-state index < -0.39 is 11.3 Å². The highest BCUT2D eigenvalue weighted by molar-refractivity contribution is 5.09. The molecule has 0 bridgehead atoms. The maximum Gasteiger partial charge on any atom is 0.162 e. The van der Waals surface area contributed by atoms with Crippen LogP contribution in [0.15, 0.2) is 18.4 Å². The molecule has 3 heteroatoms. The predicted octanol–water partition coefficient (Wildman–Crippen LogP) is 1.36. The van der Waals surface area contributed by atoms with E-state index in [9.17, 15) is 5.11 Å². The first-order valence-corrected chi connectivity index (χ1v) is 4.81. The summed E-state index contributed by atoms with van der Waals surface area (Å²) in [4.78, 5) is 0. The van der Waals surface area contributed by atoms with Crippen LogP contribution in [0.1, 0.15) is 27.2 Å². The normalized spacial score (nSPS) is 26.3. The van der Waals surface area contributed by atoms with Crippen LogP contribution in [-0.2, 0) is 4.74 Å². The van der Waals surface area contributed by atoms with Gasteiger partial charge in [-0.3, -0.25) is 0 Å². The maximum absolute atomic E-state index is 9.49. The fourth-order valence-corrected chi connectivity index (χ4v) is 1.09. The van der Waals surface area contributed by atoms with Crippen molar-refractivity contribution in [2.24, 2.45) is 0 Å². The molecule has 79 valence electrons. The van der Waals surface area contributed by atoms with E-state index in [-0.39, 0.29) is 0 Å². The fraction of sp³-hybridized carbons (Fsp3) is 0.636. The van der Waals surface area contributed by atoms with Crippen LogP contribution in [-0.4, -0.2) is 23.0 Å². The van der Waals surface area contributed by atoms with Crippen molar-refractivity contribution in [3.8, 4) is 0 Å². The lowest BCUT2D eigenvalue weighted by Crippen LogP contribution is -2.42. The number of hydrogen-bond donors (Lipinski definition) is 2. The van der Waals surface area contributed by atoms with Crippen molar-refractivity contribution in [2.45, 2.75) is 38.5 Å². The Balaban J connectivity index is 2.31. The molecule has 1 radical (unpaired) electrons. The maximum atomic E-state index is 9.49. The summed E-state index contributed by atoms with van der Waals surface area (Å²) in [5.41, 5.74) is -1.23. The molecule has 14 heavy (non-hydrogen) atoms. The van der Waals surface area contributed by atoms with Gasteiger partial charge in [-0.2, -0.15) is 0 Å². The van der Waals surface area contributed by atoms with Crippen molar-refractivity contribution in [3.63, 3.8) is 0 Å². The summed E-state index contributed by atoms with van der Waals surface area (Å²) in [6, 6.07) is 0. The van der Waals surface area contributed by atoms with E-state index >= 15 is 0 Å². The summed E-state index contributed by atoms with van der Waals surface area (Å²) in [5, 5.41) is 12.5. The summed E-state index contributed by atoms with van der Waals surface area (Å²) in [7, 11) is 0. The highest BCUT2D eigenvalue weighted by atomic mass is 16.5. The van der Waals surface area contributed by atoms with Gasteiger partial charge in [0.05, 0.1) is 12.2 Å². The van der Waals surface area contributed by atoms with Gasteiger partial charge in [-0.25, -0.2) is 0 Å². The van der Waals surface area contributed by atoms with Crippen molar-refractivity contribution in [1.82, 2.24) is 5.32 Å². The molecule has 1 heterocycles. The third-order valence-corrected chi connectivity index (χ3v) is 2.01. The average molecular weight is 196 g/mol. The lowest BCUT2D eigenvalue weighted by molar-refractivity contribution is -0.0451. The quantitative estimate of drug-likeness (QED) is 0.713. The zero-order valence-electron chi connectivity index (χ0n) is 9.00. The molecule has 0 fully saturated rings. The molecule has 1 atom stereocenters. The second-order valence-electron chi connectivity index (χ2n) is 4.26. The minimum absolute atomic E-state index is 0.502. The lowest BCUT2D eigenvalue weighted by atomic mass is 10.1. The summed E-state index contributed by atoms with van der Waals surface area (Å²) < 4.78 is 5.58. The Labute approximate surface area is 85.5 Å². The largest absolute Gasteiger partial charge is 0.390 e. The number of allylic oxidation sites excluding steroid dienone is 2. The van der Waals surface area contributed by atoms with Crippen molar-refractivity contribution in [1.29, 1.82) is 0 Å². The number of aliphatic hydroxyl groups is 1. The highest BCUT2D eigenvalue weighted by Crippen LogP contribution is 2.14. The van der Waals surface area contributed by atoms with E-state index in [1.54, 1.807) is 13.8 Å². The van der Waals surface area contributed by atoms with Gasteiger partial charge in [0, 0.05) is 6.08 Å². The molecule has 1 rings (SSSR count). The van der Waals surface area contributed by atoms with Gasteiger partial charge in [-0.1, -0.05) is 6.08 Å². The fourth-order valence-electron chi connectivity index (χ4n) is 1.09. The molecule has 0 saturated carbocycles. The number of ether oxygens (including phenoxy) is 1. The molecule has 1 unspecified atom stereocenters.